The molecule has 0 aliphatic carbocycles. The number of nitrogen functional groups attached to an aromatic ring is 1. The molecule has 45 heavy (non-hydrogen) atoms. The highest BCUT2D eigenvalue weighted by Crippen LogP contribution is 2.30. The first kappa shape index (κ1) is 29.6. The zero-order valence-electron chi connectivity index (χ0n) is 23.6. The SMILES string of the molecule is N#Cc1ccc(-n2ccc(N3CCO[C@H](C(O)(CNC(=O)c4ccccc4O)Cc4ccc5c(N)noc5c4)C3=O)n2)cc1Cl. The lowest BCUT2D eigenvalue weighted by atomic mass is 9.86. The maximum Gasteiger partial charge on any atom is 0.260 e. The van der Waals surface area contributed by atoms with Gasteiger partial charge in [0.05, 0.1) is 46.9 Å². The number of nitrogens with one attached hydrogen (secondary N) is 1. The number of phenols is 1. The molecule has 2 amide bonds. The minimum Gasteiger partial charge on any atom is -0.507 e. The Morgan fingerprint density at radius 1 is 1.20 bits per heavy atom. The number of amides is 2. The summed E-state index contributed by atoms with van der Waals surface area (Å²) in [6.07, 6.45) is 0.0930. The Hall–Kier alpha value is -5.42. The van der Waals surface area contributed by atoms with Crippen molar-refractivity contribution in [1.29, 1.82) is 5.26 Å². The number of para-hydroxylation sites is 1. The van der Waals surface area contributed by atoms with E-state index in [0.29, 0.717) is 33.6 Å². The molecular formula is C31H26ClN7O6. The van der Waals surface area contributed by atoms with Crippen LogP contribution in [0.3, 0.4) is 0 Å². The number of morpholine rings is 1. The minimum absolute atomic E-state index is 0.00404. The van der Waals surface area contributed by atoms with E-state index in [1.165, 1.54) is 21.7 Å². The Bertz CT molecular complexity index is 1970. The van der Waals surface area contributed by atoms with Gasteiger partial charge in [-0.2, -0.15) is 5.26 Å². The number of benzene rings is 3. The van der Waals surface area contributed by atoms with E-state index in [-0.39, 0.29) is 41.7 Å². The van der Waals surface area contributed by atoms with Crippen molar-refractivity contribution in [3.05, 3.63) is 94.6 Å². The molecule has 3 heterocycles. The van der Waals surface area contributed by atoms with Crippen LogP contribution in [0.4, 0.5) is 11.6 Å². The van der Waals surface area contributed by atoms with Gasteiger partial charge in [0.15, 0.2) is 23.3 Å². The van der Waals surface area contributed by atoms with Crippen molar-refractivity contribution < 1.29 is 29.1 Å². The Balaban J connectivity index is 1.29. The zero-order chi connectivity index (χ0) is 31.7. The summed E-state index contributed by atoms with van der Waals surface area (Å²) in [5, 5.41) is 43.3. The first-order chi connectivity index (χ1) is 21.7. The quantitative estimate of drug-likeness (QED) is 0.199. The molecule has 228 valence electrons. The number of nitrogens with two attached hydrogens (primary N) is 1. The van der Waals surface area contributed by atoms with Crippen LogP contribution in [0.15, 0.2) is 77.4 Å². The number of phenolic OH excluding ortho intramolecular Hbond substituents is 1. The Labute approximate surface area is 261 Å². The number of nitriles is 1. The number of aromatic hydroxyl groups is 1. The Morgan fingerprint density at radius 2 is 2.02 bits per heavy atom. The van der Waals surface area contributed by atoms with Crippen molar-refractivity contribution in [2.75, 3.05) is 30.3 Å². The van der Waals surface area contributed by atoms with Gasteiger partial charge in [-0.3, -0.25) is 14.5 Å². The second-order valence-corrected chi connectivity index (χ2v) is 10.9. The van der Waals surface area contributed by atoms with Gasteiger partial charge in [0.1, 0.15) is 17.4 Å². The predicted octanol–water partition coefficient (Wildman–Crippen LogP) is 2.96. The number of halogens is 1. The Kier molecular flexibility index (Phi) is 7.86. The normalized spacial score (nSPS) is 16.3. The molecule has 1 unspecified atom stereocenters. The lowest BCUT2D eigenvalue weighted by Gasteiger charge is -2.40. The molecule has 1 fully saturated rings. The van der Waals surface area contributed by atoms with Gasteiger partial charge in [0.2, 0.25) is 0 Å². The van der Waals surface area contributed by atoms with Gasteiger partial charge < -0.3 is 30.5 Å². The number of anilines is 2. The van der Waals surface area contributed by atoms with Crippen LogP contribution in [-0.2, 0) is 16.0 Å². The second kappa shape index (κ2) is 11.9. The van der Waals surface area contributed by atoms with Crippen LogP contribution in [0.1, 0.15) is 21.5 Å². The van der Waals surface area contributed by atoms with Crippen LogP contribution in [0, 0.1) is 11.3 Å². The average Bonchev–Trinajstić information content (AvgIpc) is 3.67. The van der Waals surface area contributed by atoms with Crippen LogP contribution in [-0.4, -0.2) is 68.4 Å². The summed E-state index contributed by atoms with van der Waals surface area (Å²) in [6, 6.07) is 19.5. The number of aliphatic hydroxyl groups is 1. The number of fused-ring (bicyclic) bond motifs is 1. The van der Waals surface area contributed by atoms with Gasteiger partial charge >= 0.3 is 0 Å². The fourth-order valence-electron chi connectivity index (χ4n) is 5.24. The molecule has 3 aromatic carbocycles. The summed E-state index contributed by atoms with van der Waals surface area (Å²) in [4.78, 5) is 28.4. The fourth-order valence-corrected chi connectivity index (χ4v) is 5.46. The minimum atomic E-state index is -1.96. The topological polar surface area (TPSA) is 193 Å². The number of nitrogens with zero attached hydrogens (tertiary/aromatic N) is 5. The smallest absolute Gasteiger partial charge is 0.260 e. The third-order valence-electron chi connectivity index (χ3n) is 7.55. The molecule has 5 N–H and O–H groups in total. The standard InChI is InChI=1S/C31H26ClN7O6/c32-23-14-20(7-6-19(23)16-33)39-10-9-26(36-39)38-11-12-44-27(30(38)42)31(43,17-35-29(41)21-3-1-2-4-24(21)40)15-18-5-8-22-25(13-18)45-37-28(22)34/h1-10,13-14,27,40,43H,11-12,15,17H2,(H2,34,37)(H,35,41)/t27-,31?/m0/s1. The van der Waals surface area contributed by atoms with Crippen molar-refractivity contribution in [2.24, 2.45) is 0 Å². The Morgan fingerprint density at radius 3 is 2.80 bits per heavy atom. The second-order valence-electron chi connectivity index (χ2n) is 10.5. The van der Waals surface area contributed by atoms with E-state index in [9.17, 15) is 25.1 Å². The molecule has 6 rings (SSSR count). The highest BCUT2D eigenvalue weighted by Gasteiger charge is 2.47. The van der Waals surface area contributed by atoms with Gasteiger partial charge in [-0.05, 0) is 48.0 Å². The maximum atomic E-state index is 14.0. The predicted molar refractivity (Wildman–Crippen MR) is 163 cm³/mol. The van der Waals surface area contributed by atoms with Gasteiger partial charge in [-0.15, -0.1) is 5.10 Å². The maximum absolute atomic E-state index is 14.0. The molecule has 2 atom stereocenters. The summed E-state index contributed by atoms with van der Waals surface area (Å²) >= 11 is 6.20. The van der Waals surface area contributed by atoms with Gasteiger partial charge in [-0.25, -0.2) is 4.68 Å². The van der Waals surface area contributed by atoms with Crippen LogP contribution in [0.5, 0.6) is 5.75 Å². The lowest BCUT2D eigenvalue weighted by Crippen LogP contribution is -2.63. The summed E-state index contributed by atoms with van der Waals surface area (Å²) in [5.41, 5.74) is 5.74. The third kappa shape index (κ3) is 5.77. The highest BCUT2D eigenvalue weighted by molar-refractivity contribution is 6.31. The van der Waals surface area contributed by atoms with E-state index in [4.69, 9.17) is 26.6 Å². The average molecular weight is 628 g/mol. The molecule has 0 spiro atoms. The molecule has 0 radical (unpaired) electrons. The molecule has 14 heteroatoms. The van der Waals surface area contributed by atoms with E-state index in [1.54, 1.807) is 60.8 Å². The first-order valence-corrected chi connectivity index (χ1v) is 14.2. The van der Waals surface area contributed by atoms with E-state index in [1.807, 2.05) is 6.07 Å². The van der Waals surface area contributed by atoms with Crippen LogP contribution >= 0.6 is 11.6 Å². The lowest BCUT2D eigenvalue weighted by molar-refractivity contribution is -0.157. The molecule has 1 aliphatic rings. The van der Waals surface area contributed by atoms with Crippen molar-refractivity contribution >= 4 is 46.0 Å². The molecule has 13 nitrogen and oxygen atoms in total. The molecule has 0 saturated carbocycles. The van der Waals surface area contributed by atoms with Gasteiger partial charge in [0.25, 0.3) is 11.8 Å². The van der Waals surface area contributed by atoms with Crippen LogP contribution < -0.4 is 16.0 Å². The number of hydrogen-bond acceptors (Lipinski definition) is 10. The molecular weight excluding hydrogens is 602 g/mol. The summed E-state index contributed by atoms with van der Waals surface area (Å²) < 4.78 is 12.7. The molecule has 0 bridgehead atoms. The van der Waals surface area contributed by atoms with E-state index in [0.717, 1.165) is 0 Å². The van der Waals surface area contributed by atoms with Crippen LogP contribution in [0.2, 0.25) is 5.02 Å². The molecule has 1 saturated heterocycles. The molecule has 5 aromatic rings. The number of carbonyl (C=O) groups excluding carboxylic acids is 2. The summed E-state index contributed by atoms with van der Waals surface area (Å²) in [6.45, 7) is -0.178. The first-order valence-electron chi connectivity index (χ1n) is 13.8. The van der Waals surface area contributed by atoms with Gasteiger partial charge in [-0.1, -0.05) is 35.0 Å². The van der Waals surface area contributed by atoms with Crippen LogP contribution in [0.25, 0.3) is 16.7 Å². The zero-order valence-corrected chi connectivity index (χ0v) is 24.3. The number of ether oxygens (including phenoxy) is 1. The van der Waals surface area contributed by atoms with Crippen molar-refractivity contribution in [1.82, 2.24) is 20.3 Å². The number of hydrogen-bond donors (Lipinski definition) is 4. The summed E-state index contributed by atoms with van der Waals surface area (Å²) in [7, 11) is 0. The third-order valence-corrected chi connectivity index (χ3v) is 7.86. The van der Waals surface area contributed by atoms with Crippen molar-refractivity contribution in [2.45, 2.75) is 18.1 Å². The molecule has 2 aromatic heterocycles. The number of aromatic nitrogens is 3. The van der Waals surface area contributed by atoms with Crippen molar-refractivity contribution in [3.8, 4) is 17.5 Å². The van der Waals surface area contributed by atoms with E-state index >= 15 is 0 Å². The highest BCUT2D eigenvalue weighted by atomic mass is 35.5. The van der Waals surface area contributed by atoms with Gasteiger partial charge in [0, 0.05) is 18.7 Å². The van der Waals surface area contributed by atoms with E-state index in [2.05, 4.69) is 15.6 Å². The molecule has 1 aliphatic heterocycles. The number of rotatable bonds is 8. The summed E-state index contributed by atoms with van der Waals surface area (Å²) in [5.74, 6) is -0.945. The monoisotopic (exact) mass is 627 g/mol. The number of carbonyl (C=O) groups is 2. The fraction of sp³-hybridized carbons (Fsp3) is 0.194. The van der Waals surface area contributed by atoms with E-state index < -0.39 is 30.1 Å². The largest absolute Gasteiger partial charge is 0.507 e. The van der Waals surface area contributed by atoms with Crippen molar-refractivity contribution in [3.63, 3.8) is 0 Å².